The van der Waals surface area contributed by atoms with E-state index >= 15 is 0 Å². The molecule has 0 radical (unpaired) electrons. The van der Waals surface area contributed by atoms with Crippen molar-refractivity contribution in [3.8, 4) is 0 Å². The normalized spacial score (nSPS) is 11.6. The van der Waals surface area contributed by atoms with Crippen LogP contribution in [0.1, 0.15) is 13.8 Å². The van der Waals surface area contributed by atoms with Crippen molar-refractivity contribution in [2.24, 2.45) is 0 Å². The van der Waals surface area contributed by atoms with Crippen LogP contribution in [0.15, 0.2) is 23.1 Å². The number of ether oxygens (including phenoxy) is 1. The molecule has 0 amide bonds. The van der Waals surface area contributed by atoms with Crippen molar-refractivity contribution in [1.82, 2.24) is 4.72 Å². The zero-order valence-corrected chi connectivity index (χ0v) is 12.9. The Morgan fingerprint density at radius 1 is 1.38 bits per heavy atom. The summed E-state index contributed by atoms with van der Waals surface area (Å²) in [4.78, 5) is 9.93. The molecule has 0 heterocycles. The lowest BCUT2D eigenvalue weighted by molar-refractivity contribution is -0.387. The minimum absolute atomic E-state index is 0.0150. The topological polar surface area (TPSA) is 111 Å². The van der Waals surface area contributed by atoms with E-state index in [2.05, 4.69) is 10.0 Å². The zero-order chi connectivity index (χ0) is 16.0. The molecule has 1 rings (SSSR count). The molecule has 0 aromatic heterocycles. The smallest absolute Gasteiger partial charge is 0.291 e. The first-order valence-corrected chi connectivity index (χ1v) is 7.83. The van der Waals surface area contributed by atoms with Gasteiger partial charge >= 0.3 is 0 Å². The first-order valence-electron chi connectivity index (χ1n) is 6.35. The molecule has 0 aliphatic carbocycles. The van der Waals surface area contributed by atoms with Crippen LogP contribution in [0.4, 0.5) is 11.4 Å². The first-order chi connectivity index (χ1) is 9.77. The fourth-order valence-electron chi connectivity index (χ4n) is 1.59. The lowest BCUT2D eigenvalue weighted by Gasteiger charge is -2.10. The molecule has 0 aliphatic rings. The molecular weight excluding hydrogens is 298 g/mol. The number of nitrogens with one attached hydrogen (secondary N) is 2. The predicted octanol–water partition coefficient (Wildman–Crippen LogP) is 1.34. The highest BCUT2D eigenvalue weighted by Crippen LogP contribution is 2.26. The van der Waals surface area contributed by atoms with Gasteiger partial charge < -0.3 is 10.1 Å². The molecule has 1 aromatic carbocycles. The second kappa shape index (κ2) is 7.34. The Kier molecular flexibility index (Phi) is 6.06. The van der Waals surface area contributed by atoms with Gasteiger partial charge in [0.1, 0.15) is 0 Å². The summed E-state index contributed by atoms with van der Waals surface area (Å²) in [6.07, 6.45) is -0.0150. The summed E-state index contributed by atoms with van der Waals surface area (Å²) in [6, 6.07) is 3.85. The van der Waals surface area contributed by atoms with Crippen LogP contribution in [0.2, 0.25) is 0 Å². The van der Waals surface area contributed by atoms with Gasteiger partial charge in [-0.2, -0.15) is 0 Å². The molecule has 1 aromatic rings. The highest BCUT2D eigenvalue weighted by atomic mass is 32.2. The van der Waals surface area contributed by atoms with Crippen LogP contribution in [-0.4, -0.2) is 39.6 Å². The van der Waals surface area contributed by atoms with E-state index in [0.29, 0.717) is 5.69 Å². The van der Waals surface area contributed by atoms with E-state index in [1.54, 1.807) is 7.05 Å². The van der Waals surface area contributed by atoms with E-state index in [4.69, 9.17) is 4.74 Å². The lowest BCUT2D eigenvalue weighted by atomic mass is 10.3. The van der Waals surface area contributed by atoms with Gasteiger partial charge in [0, 0.05) is 25.3 Å². The Morgan fingerprint density at radius 3 is 2.57 bits per heavy atom. The molecule has 0 unspecified atom stereocenters. The highest BCUT2D eigenvalue weighted by Gasteiger charge is 2.25. The lowest BCUT2D eigenvalue weighted by Crippen LogP contribution is -2.28. The molecule has 0 fully saturated rings. The largest absolute Gasteiger partial charge is 0.388 e. The van der Waals surface area contributed by atoms with Crippen LogP contribution in [0.5, 0.6) is 0 Å². The molecule has 8 nitrogen and oxygen atoms in total. The quantitative estimate of drug-likeness (QED) is 0.425. The number of hydrogen-bond donors (Lipinski definition) is 2. The standard InChI is InChI=1S/C12H19N3O5S/c1-9(2)20-7-6-14-21(18,19)12-5-4-10(13-3)8-11(12)15(16)17/h4-5,8-9,13-14H,6-7H2,1-3H3. The van der Waals surface area contributed by atoms with E-state index in [1.807, 2.05) is 13.8 Å². The van der Waals surface area contributed by atoms with Crippen LogP contribution < -0.4 is 10.0 Å². The average Bonchev–Trinajstić information content (AvgIpc) is 2.42. The third-order valence-electron chi connectivity index (χ3n) is 2.58. The van der Waals surface area contributed by atoms with Crippen molar-refractivity contribution < 1.29 is 18.1 Å². The minimum Gasteiger partial charge on any atom is -0.388 e. The van der Waals surface area contributed by atoms with Crippen LogP contribution in [0.25, 0.3) is 0 Å². The van der Waals surface area contributed by atoms with Gasteiger partial charge in [0.2, 0.25) is 10.0 Å². The average molecular weight is 317 g/mol. The number of benzene rings is 1. The second-order valence-corrected chi connectivity index (χ2v) is 6.24. The number of sulfonamides is 1. The molecule has 0 aliphatic heterocycles. The molecule has 0 atom stereocenters. The maximum atomic E-state index is 12.1. The van der Waals surface area contributed by atoms with E-state index in [-0.39, 0.29) is 24.2 Å². The molecule has 2 N–H and O–H groups in total. The molecule has 9 heteroatoms. The fraction of sp³-hybridized carbons (Fsp3) is 0.500. The second-order valence-electron chi connectivity index (χ2n) is 4.51. The fourth-order valence-corrected chi connectivity index (χ4v) is 2.75. The monoisotopic (exact) mass is 317 g/mol. The van der Waals surface area contributed by atoms with Crippen LogP contribution >= 0.6 is 0 Å². The van der Waals surface area contributed by atoms with E-state index in [0.717, 1.165) is 0 Å². The molecule has 0 saturated carbocycles. The van der Waals surface area contributed by atoms with Gasteiger partial charge in [0.15, 0.2) is 4.90 Å². The Morgan fingerprint density at radius 2 is 2.05 bits per heavy atom. The van der Waals surface area contributed by atoms with Gasteiger partial charge in [-0.3, -0.25) is 10.1 Å². The number of hydrogen-bond acceptors (Lipinski definition) is 6. The summed E-state index contributed by atoms with van der Waals surface area (Å²) in [6.45, 7) is 3.90. The van der Waals surface area contributed by atoms with E-state index in [1.165, 1.54) is 18.2 Å². The van der Waals surface area contributed by atoms with Crippen molar-refractivity contribution in [2.75, 3.05) is 25.5 Å². The third-order valence-corrected chi connectivity index (χ3v) is 4.09. The van der Waals surface area contributed by atoms with Crippen molar-refractivity contribution in [3.63, 3.8) is 0 Å². The van der Waals surface area contributed by atoms with Gasteiger partial charge in [-0.05, 0) is 26.0 Å². The number of anilines is 1. The zero-order valence-electron chi connectivity index (χ0n) is 12.1. The molecular formula is C12H19N3O5S. The molecule has 0 spiro atoms. The van der Waals surface area contributed by atoms with E-state index < -0.39 is 20.6 Å². The maximum Gasteiger partial charge on any atom is 0.291 e. The van der Waals surface area contributed by atoms with Gasteiger partial charge in [-0.15, -0.1) is 0 Å². The number of nitrogens with zero attached hydrogens (tertiary/aromatic N) is 1. The SMILES string of the molecule is CNc1ccc(S(=O)(=O)NCCOC(C)C)c([N+](=O)[O-])c1. The van der Waals surface area contributed by atoms with Crippen molar-refractivity contribution in [3.05, 3.63) is 28.3 Å². The predicted molar refractivity (Wildman–Crippen MR) is 78.9 cm³/mol. The van der Waals surface area contributed by atoms with E-state index in [9.17, 15) is 18.5 Å². The summed E-state index contributed by atoms with van der Waals surface area (Å²) in [5.41, 5.74) is -0.0112. The molecule has 0 bridgehead atoms. The van der Waals surface area contributed by atoms with Crippen molar-refractivity contribution in [2.45, 2.75) is 24.8 Å². The van der Waals surface area contributed by atoms with Crippen LogP contribution in [0.3, 0.4) is 0 Å². The van der Waals surface area contributed by atoms with Gasteiger partial charge in [-0.1, -0.05) is 0 Å². The Balaban J connectivity index is 2.94. The molecule has 0 saturated heterocycles. The van der Waals surface area contributed by atoms with Crippen LogP contribution in [-0.2, 0) is 14.8 Å². The highest BCUT2D eigenvalue weighted by molar-refractivity contribution is 7.89. The minimum atomic E-state index is -3.96. The summed E-state index contributed by atoms with van der Waals surface area (Å²) in [5.74, 6) is 0. The summed E-state index contributed by atoms with van der Waals surface area (Å²) in [5, 5.41) is 13.7. The summed E-state index contributed by atoms with van der Waals surface area (Å²) in [7, 11) is -2.37. The Bertz CT molecular complexity index is 601. The Labute approximate surface area is 123 Å². The van der Waals surface area contributed by atoms with Gasteiger partial charge in [0.05, 0.1) is 17.6 Å². The number of nitro benzene ring substituents is 1. The van der Waals surface area contributed by atoms with Crippen molar-refractivity contribution >= 4 is 21.4 Å². The third kappa shape index (κ3) is 4.96. The summed E-state index contributed by atoms with van der Waals surface area (Å²) < 4.78 is 31.7. The first kappa shape index (κ1) is 17.3. The number of nitro groups is 1. The number of rotatable bonds is 8. The van der Waals surface area contributed by atoms with Gasteiger partial charge in [-0.25, -0.2) is 13.1 Å². The van der Waals surface area contributed by atoms with Crippen LogP contribution in [0, 0.1) is 10.1 Å². The molecule has 118 valence electrons. The molecule has 21 heavy (non-hydrogen) atoms. The van der Waals surface area contributed by atoms with Gasteiger partial charge in [0.25, 0.3) is 5.69 Å². The van der Waals surface area contributed by atoms with Crippen molar-refractivity contribution in [1.29, 1.82) is 0 Å². The Hall–Kier alpha value is -1.71. The summed E-state index contributed by atoms with van der Waals surface area (Å²) >= 11 is 0. The maximum absolute atomic E-state index is 12.1.